The van der Waals surface area contributed by atoms with Gasteiger partial charge in [-0.1, -0.05) is 13.8 Å². The molecule has 0 saturated heterocycles. The molecule has 0 rings (SSSR count). The van der Waals surface area contributed by atoms with Crippen LogP contribution in [0.5, 0.6) is 0 Å². The number of imide groups is 1. The third-order valence-electron chi connectivity index (χ3n) is 2.37. The molecule has 7 nitrogen and oxygen atoms in total. The van der Waals surface area contributed by atoms with E-state index >= 15 is 0 Å². The zero-order valence-electron chi connectivity index (χ0n) is 12.0. The van der Waals surface area contributed by atoms with E-state index in [-0.39, 0.29) is 11.8 Å². The summed E-state index contributed by atoms with van der Waals surface area (Å²) in [5.41, 5.74) is -0.0931. The number of carboxylic acid groups (broad SMARTS) is 1. The Morgan fingerprint density at radius 3 is 2.21 bits per heavy atom. The maximum absolute atomic E-state index is 11.4. The monoisotopic (exact) mass is 273 g/mol. The molecule has 0 aliphatic rings. The van der Waals surface area contributed by atoms with Crippen molar-refractivity contribution in [2.75, 3.05) is 27.2 Å². The fourth-order valence-electron chi connectivity index (χ4n) is 1.79. The zero-order chi connectivity index (χ0) is 15.1. The summed E-state index contributed by atoms with van der Waals surface area (Å²) in [7, 11) is 4.04. The molecule has 3 amide bonds. The lowest BCUT2D eigenvalue weighted by Crippen LogP contribution is -3.07. The van der Waals surface area contributed by atoms with Crippen molar-refractivity contribution in [3.63, 3.8) is 0 Å². The summed E-state index contributed by atoms with van der Waals surface area (Å²) in [6.45, 7) is 5.32. The van der Waals surface area contributed by atoms with Gasteiger partial charge < -0.3 is 20.1 Å². The Hall–Kier alpha value is -1.63. The molecule has 0 radical (unpaired) electrons. The molecule has 0 heterocycles. The molecule has 0 fully saturated rings. The van der Waals surface area contributed by atoms with E-state index in [2.05, 4.69) is 10.6 Å². The highest BCUT2D eigenvalue weighted by molar-refractivity contribution is 5.95. The van der Waals surface area contributed by atoms with Crippen LogP contribution >= 0.6 is 0 Å². The van der Waals surface area contributed by atoms with Gasteiger partial charge in [-0.05, 0) is 6.42 Å². The first-order valence-electron chi connectivity index (χ1n) is 6.19. The van der Waals surface area contributed by atoms with Gasteiger partial charge in [-0.2, -0.15) is 0 Å². The molecule has 0 aliphatic heterocycles. The molecule has 0 aliphatic carbocycles. The molecular weight excluding hydrogens is 250 g/mol. The number of rotatable bonds is 7. The number of urea groups is 1. The van der Waals surface area contributed by atoms with Crippen molar-refractivity contribution in [3.05, 3.63) is 0 Å². The summed E-state index contributed by atoms with van der Waals surface area (Å²) in [6, 6.07) is -0.606. The highest BCUT2D eigenvalue weighted by atomic mass is 16.4. The molecule has 0 bridgehead atoms. The van der Waals surface area contributed by atoms with Crippen LogP contribution < -0.4 is 20.6 Å². The Bertz CT molecular complexity index is 340. The lowest BCUT2D eigenvalue weighted by molar-refractivity contribution is -0.865. The van der Waals surface area contributed by atoms with Crippen molar-refractivity contribution in [2.24, 2.45) is 5.41 Å². The molecule has 0 atom stereocenters. The summed E-state index contributed by atoms with van der Waals surface area (Å²) in [4.78, 5) is 34.0. The van der Waals surface area contributed by atoms with Crippen molar-refractivity contribution < 1.29 is 24.4 Å². The van der Waals surface area contributed by atoms with E-state index in [9.17, 15) is 19.5 Å². The van der Waals surface area contributed by atoms with Crippen LogP contribution in [-0.2, 0) is 9.59 Å². The average molecular weight is 273 g/mol. The van der Waals surface area contributed by atoms with Gasteiger partial charge in [-0.3, -0.25) is 10.1 Å². The molecule has 0 aromatic carbocycles. The van der Waals surface area contributed by atoms with Crippen LogP contribution in [0.2, 0.25) is 0 Å². The second-order valence-corrected chi connectivity index (χ2v) is 5.65. The molecule has 0 aromatic rings. The Kier molecular flexibility index (Phi) is 7.06. The summed E-state index contributed by atoms with van der Waals surface area (Å²) in [6.07, 6.45) is -0.657. The number of aliphatic carboxylic acids is 1. The lowest BCUT2D eigenvalue weighted by atomic mass is 9.93. The first kappa shape index (κ1) is 17.4. The van der Waals surface area contributed by atoms with Gasteiger partial charge in [-0.25, -0.2) is 4.79 Å². The number of amides is 3. The maximum atomic E-state index is 11.4. The van der Waals surface area contributed by atoms with E-state index in [4.69, 9.17) is 0 Å². The smallest absolute Gasteiger partial charge is 0.321 e. The number of quaternary nitrogens is 1. The van der Waals surface area contributed by atoms with Gasteiger partial charge in [0, 0.05) is 24.3 Å². The Morgan fingerprint density at radius 1 is 1.16 bits per heavy atom. The lowest BCUT2D eigenvalue weighted by Gasteiger charge is -2.25. The second-order valence-electron chi connectivity index (χ2n) is 5.65. The van der Waals surface area contributed by atoms with Gasteiger partial charge in [0.15, 0.2) is 0 Å². The normalized spacial score (nSPS) is 11.2. The van der Waals surface area contributed by atoms with E-state index in [1.165, 1.54) is 4.90 Å². The Morgan fingerprint density at radius 2 is 1.74 bits per heavy atom. The molecule has 0 saturated carbocycles. The van der Waals surface area contributed by atoms with E-state index in [0.717, 1.165) is 6.54 Å². The predicted molar refractivity (Wildman–Crippen MR) is 67.2 cm³/mol. The predicted octanol–water partition coefficient (Wildman–Crippen LogP) is -2.49. The largest absolute Gasteiger partial charge is 0.550 e. The molecule has 19 heavy (non-hydrogen) atoms. The van der Waals surface area contributed by atoms with E-state index in [0.29, 0.717) is 6.54 Å². The number of carbonyl (C=O) groups excluding carboxylic acids is 3. The summed E-state index contributed by atoms with van der Waals surface area (Å²) >= 11 is 0. The Labute approximate surface area is 113 Å². The molecule has 3 N–H and O–H groups in total. The van der Waals surface area contributed by atoms with Crippen LogP contribution in [-0.4, -0.2) is 45.1 Å². The van der Waals surface area contributed by atoms with Gasteiger partial charge >= 0.3 is 6.03 Å². The zero-order valence-corrected chi connectivity index (χ0v) is 12.0. The molecular formula is C12H23N3O4. The quantitative estimate of drug-likeness (QED) is 0.477. The first-order chi connectivity index (χ1) is 8.62. The molecule has 0 aromatic heterocycles. The van der Waals surface area contributed by atoms with Crippen molar-refractivity contribution in [2.45, 2.75) is 26.7 Å². The standard InChI is InChI=1S/C12H23N3O4/c1-12(2,8-15(3)4)7-13-11(19)14-9(16)5-6-10(17)18/h5-8H2,1-4H3,(H,17,18)(H2,13,14,16,19). The van der Waals surface area contributed by atoms with Gasteiger partial charge in [0.25, 0.3) is 0 Å². The number of carbonyl (C=O) groups is 3. The second kappa shape index (κ2) is 7.73. The number of carboxylic acids is 1. The minimum Gasteiger partial charge on any atom is -0.550 e. The molecule has 0 unspecified atom stereocenters. The van der Waals surface area contributed by atoms with Crippen LogP contribution in [0.25, 0.3) is 0 Å². The first-order valence-corrected chi connectivity index (χ1v) is 6.19. The third-order valence-corrected chi connectivity index (χ3v) is 2.37. The van der Waals surface area contributed by atoms with Crippen LogP contribution in [0.1, 0.15) is 26.7 Å². The summed E-state index contributed by atoms with van der Waals surface area (Å²) in [5.74, 6) is -1.94. The van der Waals surface area contributed by atoms with Gasteiger partial charge in [0.05, 0.1) is 20.6 Å². The van der Waals surface area contributed by atoms with Crippen molar-refractivity contribution in [1.29, 1.82) is 0 Å². The number of hydrogen-bond acceptors (Lipinski definition) is 4. The molecule has 0 spiro atoms. The van der Waals surface area contributed by atoms with Crippen molar-refractivity contribution in [1.82, 2.24) is 10.6 Å². The fraction of sp³-hybridized carbons (Fsp3) is 0.750. The van der Waals surface area contributed by atoms with Crippen LogP contribution in [0, 0.1) is 5.41 Å². The van der Waals surface area contributed by atoms with E-state index < -0.39 is 24.3 Å². The minimum atomic E-state index is -1.31. The maximum Gasteiger partial charge on any atom is 0.321 e. The SMILES string of the molecule is C[NH+](C)CC(C)(C)CNC(=O)NC(=O)CCC(=O)[O-]. The van der Waals surface area contributed by atoms with Gasteiger partial charge in [-0.15, -0.1) is 0 Å². The fourth-order valence-corrected chi connectivity index (χ4v) is 1.79. The summed E-state index contributed by atoms with van der Waals surface area (Å²) in [5, 5.41) is 14.8. The molecule has 110 valence electrons. The molecule has 7 heteroatoms. The van der Waals surface area contributed by atoms with E-state index in [1.807, 2.05) is 27.9 Å². The van der Waals surface area contributed by atoms with Crippen LogP contribution in [0.15, 0.2) is 0 Å². The van der Waals surface area contributed by atoms with Gasteiger partial charge in [0.2, 0.25) is 5.91 Å². The average Bonchev–Trinajstić information content (AvgIpc) is 2.22. The van der Waals surface area contributed by atoms with Gasteiger partial charge in [0.1, 0.15) is 0 Å². The number of nitrogens with one attached hydrogen (secondary N) is 3. The summed E-state index contributed by atoms with van der Waals surface area (Å²) < 4.78 is 0. The number of hydrogen-bond donors (Lipinski definition) is 3. The van der Waals surface area contributed by atoms with Crippen molar-refractivity contribution in [3.8, 4) is 0 Å². The third kappa shape index (κ3) is 10.0. The Balaban J connectivity index is 3.98. The van der Waals surface area contributed by atoms with E-state index in [1.54, 1.807) is 0 Å². The topological polar surface area (TPSA) is 103 Å². The van der Waals surface area contributed by atoms with Crippen molar-refractivity contribution >= 4 is 17.9 Å². The highest BCUT2D eigenvalue weighted by Gasteiger charge is 2.22. The van der Waals surface area contributed by atoms with Crippen LogP contribution in [0.3, 0.4) is 0 Å². The minimum absolute atomic E-state index is 0.0931. The van der Waals surface area contributed by atoms with Crippen LogP contribution in [0.4, 0.5) is 4.79 Å². The highest BCUT2D eigenvalue weighted by Crippen LogP contribution is 2.09.